The Morgan fingerprint density at radius 2 is 1.71 bits per heavy atom. The molecule has 0 bridgehead atoms. The topological polar surface area (TPSA) is 79.6 Å². The molecule has 28 heavy (non-hydrogen) atoms. The van der Waals surface area contributed by atoms with E-state index in [9.17, 15) is 14.9 Å². The van der Waals surface area contributed by atoms with Crippen LogP contribution in [-0.2, 0) is 0 Å². The number of benzene rings is 2. The van der Waals surface area contributed by atoms with Crippen LogP contribution in [0.1, 0.15) is 15.9 Å². The van der Waals surface area contributed by atoms with Gasteiger partial charge in [-0.25, -0.2) is 0 Å². The Hall–Kier alpha value is -3.48. The number of rotatable bonds is 3. The van der Waals surface area contributed by atoms with Gasteiger partial charge >= 0.3 is 0 Å². The molecule has 1 aliphatic heterocycles. The van der Waals surface area contributed by atoms with Crippen LogP contribution < -0.4 is 4.90 Å². The summed E-state index contributed by atoms with van der Waals surface area (Å²) in [6.07, 6.45) is 3.18. The Kier molecular flexibility index (Phi) is 4.65. The molecule has 1 saturated heterocycles. The number of amides is 1. The second-order valence-corrected chi connectivity index (χ2v) is 6.93. The zero-order valence-electron chi connectivity index (χ0n) is 15.5. The molecular weight excluding hydrogens is 356 g/mol. The van der Waals surface area contributed by atoms with E-state index in [1.54, 1.807) is 12.3 Å². The number of fused-ring (bicyclic) bond motifs is 1. The van der Waals surface area contributed by atoms with Gasteiger partial charge in [0, 0.05) is 61.3 Å². The van der Waals surface area contributed by atoms with Crippen LogP contribution >= 0.6 is 0 Å². The Morgan fingerprint density at radius 3 is 2.39 bits per heavy atom. The van der Waals surface area contributed by atoms with Gasteiger partial charge < -0.3 is 9.80 Å². The summed E-state index contributed by atoms with van der Waals surface area (Å²) in [5, 5.41) is 12.6. The van der Waals surface area contributed by atoms with Crippen LogP contribution in [0.5, 0.6) is 0 Å². The molecule has 1 aliphatic rings. The lowest BCUT2D eigenvalue weighted by Crippen LogP contribution is -2.48. The highest BCUT2D eigenvalue weighted by Crippen LogP contribution is 2.33. The summed E-state index contributed by atoms with van der Waals surface area (Å²) in [5.74, 6) is 0.0393. The maximum atomic E-state index is 12.7. The minimum atomic E-state index is -0.383. The van der Waals surface area contributed by atoms with Crippen LogP contribution in [0.15, 0.2) is 54.9 Å². The monoisotopic (exact) mass is 376 g/mol. The second kappa shape index (κ2) is 7.26. The summed E-state index contributed by atoms with van der Waals surface area (Å²) in [7, 11) is 0. The first kappa shape index (κ1) is 17.9. The maximum absolute atomic E-state index is 12.7. The van der Waals surface area contributed by atoms with Crippen molar-refractivity contribution in [3.63, 3.8) is 0 Å². The fourth-order valence-electron chi connectivity index (χ4n) is 3.62. The number of carbonyl (C=O) groups is 1. The average Bonchev–Trinajstić information content (AvgIpc) is 2.73. The quantitative estimate of drug-likeness (QED) is 0.517. The number of hydrogen-bond acceptors (Lipinski definition) is 5. The fourth-order valence-corrected chi connectivity index (χ4v) is 3.62. The minimum Gasteiger partial charge on any atom is -0.367 e. The molecular formula is C21H20N4O3. The molecule has 1 amide bonds. The molecule has 142 valence electrons. The molecule has 0 aliphatic carbocycles. The predicted octanol–water partition coefficient (Wildman–Crippen LogP) is 3.41. The number of aromatic nitrogens is 1. The van der Waals surface area contributed by atoms with Gasteiger partial charge in [-0.15, -0.1) is 0 Å². The summed E-state index contributed by atoms with van der Waals surface area (Å²) in [6.45, 7) is 4.56. The van der Waals surface area contributed by atoms with E-state index in [1.807, 2.05) is 42.2 Å². The van der Waals surface area contributed by atoms with Gasteiger partial charge in [-0.2, -0.15) is 0 Å². The van der Waals surface area contributed by atoms with E-state index >= 15 is 0 Å². The van der Waals surface area contributed by atoms with Gasteiger partial charge in [0.25, 0.3) is 11.6 Å². The molecule has 0 atom stereocenters. The lowest BCUT2D eigenvalue weighted by molar-refractivity contribution is -0.383. The number of non-ortho nitro benzene ring substituents is 1. The zero-order chi connectivity index (χ0) is 19.7. The van der Waals surface area contributed by atoms with Gasteiger partial charge in [0.15, 0.2) is 0 Å². The summed E-state index contributed by atoms with van der Waals surface area (Å²) in [4.78, 5) is 31.7. The van der Waals surface area contributed by atoms with Crippen molar-refractivity contribution in [1.29, 1.82) is 0 Å². The summed E-state index contributed by atoms with van der Waals surface area (Å²) in [6, 6.07) is 12.7. The van der Waals surface area contributed by atoms with Gasteiger partial charge in [0.2, 0.25) is 0 Å². The van der Waals surface area contributed by atoms with Crippen molar-refractivity contribution in [2.75, 3.05) is 31.1 Å². The highest BCUT2D eigenvalue weighted by Gasteiger charge is 2.24. The van der Waals surface area contributed by atoms with E-state index < -0.39 is 0 Å². The highest BCUT2D eigenvalue weighted by molar-refractivity contribution is 5.99. The number of nitro groups is 1. The van der Waals surface area contributed by atoms with E-state index in [-0.39, 0.29) is 16.5 Å². The molecule has 0 spiro atoms. The van der Waals surface area contributed by atoms with E-state index in [4.69, 9.17) is 0 Å². The number of piperazine rings is 1. The van der Waals surface area contributed by atoms with Crippen molar-refractivity contribution < 1.29 is 9.72 Å². The van der Waals surface area contributed by atoms with Crippen molar-refractivity contribution in [1.82, 2.24) is 9.88 Å². The summed E-state index contributed by atoms with van der Waals surface area (Å²) >= 11 is 0. The molecule has 2 aromatic carbocycles. The van der Waals surface area contributed by atoms with Crippen LogP contribution in [0.4, 0.5) is 11.4 Å². The number of aryl methyl sites for hydroxylation is 1. The van der Waals surface area contributed by atoms with Gasteiger partial charge in [-0.1, -0.05) is 17.7 Å². The molecule has 0 radical (unpaired) electrons. The standard InChI is InChI=1S/C21H20N4O3/c1-15-2-4-16(5-3-15)21(26)24-12-10-23(11-13-24)19-6-7-20(25(27)28)18-14-22-9-8-17(18)19/h2-9,14H,10-13H2,1H3. The first-order valence-electron chi connectivity index (χ1n) is 9.16. The van der Waals surface area contributed by atoms with Crippen molar-refractivity contribution in [3.05, 3.63) is 76.1 Å². The van der Waals surface area contributed by atoms with Gasteiger partial charge in [0.1, 0.15) is 0 Å². The third-order valence-corrected chi connectivity index (χ3v) is 5.17. The number of hydrogen-bond donors (Lipinski definition) is 0. The molecule has 7 heteroatoms. The van der Waals surface area contributed by atoms with Crippen LogP contribution in [0.3, 0.4) is 0 Å². The van der Waals surface area contributed by atoms with Gasteiger partial charge in [0.05, 0.1) is 10.3 Å². The fraction of sp³-hybridized carbons (Fsp3) is 0.238. The Labute approximate surface area is 162 Å². The van der Waals surface area contributed by atoms with Crippen LogP contribution in [0.25, 0.3) is 10.8 Å². The molecule has 1 fully saturated rings. The first-order valence-corrected chi connectivity index (χ1v) is 9.16. The van der Waals surface area contributed by atoms with Crippen molar-refractivity contribution >= 4 is 28.1 Å². The van der Waals surface area contributed by atoms with Gasteiger partial charge in [-0.3, -0.25) is 19.9 Å². The molecule has 2 heterocycles. The van der Waals surface area contributed by atoms with E-state index in [0.29, 0.717) is 37.1 Å². The molecule has 0 N–H and O–H groups in total. The van der Waals surface area contributed by atoms with E-state index in [0.717, 1.165) is 16.6 Å². The second-order valence-electron chi connectivity index (χ2n) is 6.93. The largest absolute Gasteiger partial charge is 0.367 e. The van der Waals surface area contributed by atoms with Crippen molar-refractivity contribution in [3.8, 4) is 0 Å². The Balaban J connectivity index is 1.54. The molecule has 1 aromatic heterocycles. The van der Waals surface area contributed by atoms with E-state index in [1.165, 1.54) is 12.3 Å². The average molecular weight is 376 g/mol. The number of anilines is 1. The summed E-state index contributed by atoms with van der Waals surface area (Å²) in [5.41, 5.74) is 2.82. The number of nitro benzene ring substituents is 1. The normalized spacial score (nSPS) is 14.3. The third-order valence-electron chi connectivity index (χ3n) is 5.17. The van der Waals surface area contributed by atoms with Crippen molar-refractivity contribution in [2.45, 2.75) is 6.92 Å². The molecule has 7 nitrogen and oxygen atoms in total. The van der Waals surface area contributed by atoms with Crippen LogP contribution in [0, 0.1) is 17.0 Å². The van der Waals surface area contributed by atoms with E-state index in [2.05, 4.69) is 9.88 Å². The lowest BCUT2D eigenvalue weighted by Gasteiger charge is -2.36. The van der Waals surface area contributed by atoms with Crippen LogP contribution in [-0.4, -0.2) is 46.9 Å². The molecule has 4 rings (SSSR count). The SMILES string of the molecule is Cc1ccc(C(=O)N2CCN(c3ccc([N+](=O)[O-])c4cnccc34)CC2)cc1. The minimum absolute atomic E-state index is 0.0393. The molecule has 0 unspecified atom stereocenters. The Bertz CT molecular complexity index is 1040. The number of carbonyl (C=O) groups excluding carboxylic acids is 1. The first-order chi connectivity index (χ1) is 13.5. The lowest BCUT2D eigenvalue weighted by atomic mass is 10.1. The number of nitrogens with zero attached hydrogens (tertiary/aromatic N) is 4. The maximum Gasteiger partial charge on any atom is 0.278 e. The smallest absolute Gasteiger partial charge is 0.278 e. The molecule has 0 saturated carbocycles. The van der Waals surface area contributed by atoms with Gasteiger partial charge in [-0.05, 0) is 31.2 Å². The third kappa shape index (κ3) is 3.26. The van der Waals surface area contributed by atoms with Crippen LogP contribution in [0.2, 0.25) is 0 Å². The van der Waals surface area contributed by atoms with Crippen molar-refractivity contribution in [2.24, 2.45) is 0 Å². The highest BCUT2D eigenvalue weighted by atomic mass is 16.6. The number of pyridine rings is 1. The summed E-state index contributed by atoms with van der Waals surface area (Å²) < 4.78 is 0. The zero-order valence-corrected chi connectivity index (χ0v) is 15.5. The predicted molar refractivity (Wildman–Crippen MR) is 108 cm³/mol. The molecule has 3 aromatic rings. The Morgan fingerprint density at radius 1 is 1.00 bits per heavy atom.